The van der Waals surface area contributed by atoms with Gasteiger partial charge in [-0.05, 0) is 5.56 Å². The molecule has 0 amide bonds. The van der Waals surface area contributed by atoms with Crippen LogP contribution in [0.25, 0.3) is 0 Å². The maximum atomic E-state index is 3.36. The Morgan fingerprint density at radius 3 is 2.64 bits per heavy atom. The second-order valence-electron chi connectivity index (χ2n) is 2.72. The van der Waals surface area contributed by atoms with Crippen LogP contribution in [0.5, 0.6) is 0 Å². The van der Waals surface area contributed by atoms with E-state index in [2.05, 4.69) is 41.7 Å². The van der Waals surface area contributed by atoms with Crippen LogP contribution in [0.3, 0.4) is 0 Å². The van der Waals surface area contributed by atoms with Crippen molar-refractivity contribution in [3.8, 4) is 0 Å². The van der Waals surface area contributed by atoms with Gasteiger partial charge in [-0.3, -0.25) is 0 Å². The molecule has 0 aliphatic carbocycles. The fourth-order valence-electron chi connectivity index (χ4n) is 1.36. The van der Waals surface area contributed by atoms with Crippen molar-refractivity contribution in [2.45, 2.75) is 6.04 Å². The lowest BCUT2D eigenvalue weighted by Crippen LogP contribution is -2.13. The Hall–Kier alpha value is -1.08. The summed E-state index contributed by atoms with van der Waals surface area (Å²) >= 11 is 0. The topological polar surface area (TPSA) is 12.0 Å². The zero-order valence-corrected chi connectivity index (χ0v) is 6.33. The average Bonchev–Trinajstić information content (AvgIpc) is 2.58. The molecule has 0 saturated heterocycles. The van der Waals surface area contributed by atoms with E-state index in [0.29, 0.717) is 6.04 Å². The summed E-state index contributed by atoms with van der Waals surface area (Å²) in [5.74, 6) is 0. The first-order chi connectivity index (χ1) is 5.47. The van der Waals surface area contributed by atoms with Crippen molar-refractivity contribution in [3.05, 3.63) is 48.0 Å². The molecule has 1 atom stereocenters. The third kappa shape index (κ3) is 1.33. The third-order valence-electron chi connectivity index (χ3n) is 1.94. The number of hydrogen-bond acceptors (Lipinski definition) is 1. The first-order valence-corrected chi connectivity index (χ1v) is 3.92. The molecule has 2 rings (SSSR count). The van der Waals surface area contributed by atoms with E-state index in [-0.39, 0.29) is 0 Å². The molecule has 1 aromatic rings. The smallest absolute Gasteiger partial charge is 0.0509 e. The fraction of sp³-hybridized carbons (Fsp3) is 0.200. The van der Waals surface area contributed by atoms with Gasteiger partial charge in [0.25, 0.3) is 0 Å². The van der Waals surface area contributed by atoms with E-state index in [9.17, 15) is 0 Å². The van der Waals surface area contributed by atoms with Gasteiger partial charge in [-0.2, -0.15) is 0 Å². The van der Waals surface area contributed by atoms with Gasteiger partial charge < -0.3 is 5.32 Å². The summed E-state index contributed by atoms with van der Waals surface area (Å²) in [7, 11) is 0. The van der Waals surface area contributed by atoms with Crippen LogP contribution in [0.2, 0.25) is 0 Å². The van der Waals surface area contributed by atoms with Crippen molar-refractivity contribution in [2.75, 3.05) is 6.54 Å². The highest BCUT2D eigenvalue weighted by Gasteiger charge is 2.08. The van der Waals surface area contributed by atoms with E-state index >= 15 is 0 Å². The molecule has 1 nitrogen and oxygen atoms in total. The van der Waals surface area contributed by atoms with E-state index in [1.165, 1.54) is 5.56 Å². The first kappa shape index (κ1) is 6.62. The molecular formula is C10H11N. The highest BCUT2D eigenvalue weighted by Crippen LogP contribution is 2.16. The van der Waals surface area contributed by atoms with Gasteiger partial charge in [0.05, 0.1) is 6.04 Å². The van der Waals surface area contributed by atoms with Crippen molar-refractivity contribution >= 4 is 0 Å². The lowest BCUT2D eigenvalue weighted by Gasteiger charge is -2.07. The summed E-state index contributed by atoms with van der Waals surface area (Å²) in [6.45, 7) is 1.000. The number of benzene rings is 1. The largest absolute Gasteiger partial charge is 0.303 e. The molecule has 0 spiro atoms. The van der Waals surface area contributed by atoms with E-state index < -0.39 is 0 Å². The highest BCUT2D eigenvalue weighted by atomic mass is 14.9. The molecule has 1 heterocycles. The van der Waals surface area contributed by atoms with E-state index in [1.807, 2.05) is 6.07 Å². The average molecular weight is 145 g/mol. The number of hydrogen-bond donors (Lipinski definition) is 1. The highest BCUT2D eigenvalue weighted by molar-refractivity contribution is 5.25. The van der Waals surface area contributed by atoms with Gasteiger partial charge in [0, 0.05) is 6.54 Å². The van der Waals surface area contributed by atoms with Crippen molar-refractivity contribution < 1.29 is 0 Å². The Balaban J connectivity index is 2.23. The molecular weight excluding hydrogens is 134 g/mol. The molecule has 0 aromatic heterocycles. The van der Waals surface area contributed by atoms with Gasteiger partial charge in [0.15, 0.2) is 0 Å². The van der Waals surface area contributed by atoms with E-state index in [4.69, 9.17) is 0 Å². The summed E-state index contributed by atoms with van der Waals surface area (Å²) in [5.41, 5.74) is 1.35. The van der Waals surface area contributed by atoms with Crippen molar-refractivity contribution in [2.24, 2.45) is 0 Å². The SMILES string of the molecule is C1=C[C@@H](c2ccccc2)NC1. The van der Waals surface area contributed by atoms with E-state index in [1.54, 1.807) is 0 Å². The van der Waals surface area contributed by atoms with E-state index in [0.717, 1.165) is 6.54 Å². The third-order valence-corrected chi connectivity index (χ3v) is 1.94. The Morgan fingerprint density at radius 1 is 1.18 bits per heavy atom. The van der Waals surface area contributed by atoms with Crippen molar-refractivity contribution in [3.63, 3.8) is 0 Å². The predicted octanol–water partition coefficient (Wildman–Crippen LogP) is 1.89. The summed E-state index contributed by atoms with van der Waals surface area (Å²) in [5, 5.41) is 3.36. The quantitative estimate of drug-likeness (QED) is 0.595. The zero-order chi connectivity index (χ0) is 7.52. The van der Waals surface area contributed by atoms with Gasteiger partial charge in [0.2, 0.25) is 0 Å². The molecule has 0 bridgehead atoms. The number of rotatable bonds is 1. The summed E-state index contributed by atoms with van der Waals surface area (Å²) < 4.78 is 0. The second kappa shape index (κ2) is 2.89. The molecule has 1 aromatic carbocycles. The standard InChI is InChI=1S/C10H11N/c1-2-5-9(6-3-1)10-7-4-8-11-10/h1-7,10-11H,8H2/t10-/m0/s1. The van der Waals surface area contributed by atoms with Gasteiger partial charge >= 0.3 is 0 Å². The molecule has 1 aliphatic heterocycles. The van der Waals surface area contributed by atoms with Crippen LogP contribution in [0.4, 0.5) is 0 Å². The Labute approximate surface area is 66.7 Å². The van der Waals surface area contributed by atoms with Crippen molar-refractivity contribution in [1.29, 1.82) is 0 Å². The molecule has 0 radical (unpaired) electrons. The van der Waals surface area contributed by atoms with Crippen LogP contribution < -0.4 is 5.32 Å². The maximum Gasteiger partial charge on any atom is 0.0509 e. The van der Waals surface area contributed by atoms with Gasteiger partial charge in [-0.25, -0.2) is 0 Å². The lowest BCUT2D eigenvalue weighted by molar-refractivity contribution is 0.713. The van der Waals surface area contributed by atoms with Crippen LogP contribution in [0.1, 0.15) is 11.6 Å². The number of nitrogens with one attached hydrogen (secondary N) is 1. The molecule has 1 N–H and O–H groups in total. The van der Waals surface area contributed by atoms with Crippen LogP contribution in [-0.4, -0.2) is 6.54 Å². The minimum atomic E-state index is 0.441. The molecule has 56 valence electrons. The second-order valence-corrected chi connectivity index (χ2v) is 2.72. The minimum absolute atomic E-state index is 0.441. The Morgan fingerprint density at radius 2 is 2.00 bits per heavy atom. The Kier molecular flexibility index (Phi) is 1.74. The summed E-state index contributed by atoms with van der Waals surface area (Å²) in [6.07, 6.45) is 4.37. The minimum Gasteiger partial charge on any atom is -0.303 e. The normalized spacial score (nSPS) is 22.4. The molecule has 0 saturated carbocycles. The Bertz CT molecular complexity index is 251. The molecule has 1 heteroatoms. The van der Waals surface area contributed by atoms with Crippen LogP contribution in [0.15, 0.2) is 42.5 Å². The summed E-state index contributed by atoms with van der Waals surface area (Å²) in [6, 6.07) is 10.9. The monoisotopic (exact) mass is 145 g/mol. The van der Waals surface area contributed by atoms with Crippen LogP contribution in [0, 0.1) is 0 Å². The maximum absolute atomic E-state index is 3.36. The first-order valence-electron chi connectivity index (χ1n) is 3.92. The van der Waals surface area contributed by atoms with Crippen LogP contribution >= 0.6 is 0 Å². The lowest BCUT2D eigenvalue weighted by atomic mass is 10.1. The van der Waals surface area contributed by atoms with Crippen molar-refractivity contribution in [1.82, 2.24) is 5.32 Å². The van der Waals surface area contributed by atoms with Crippen LogP contribution in [-0.2, 0) is 0 Å². The molecule has 11 heavy (non-hydrogen) atoms. The van der Waals surface area contributed by atoms with Gasteiger partial charge in [-0.15, -0.1) is 0 Å². The van der Waals surface area contributed by atoms with Gasteiger partial charge in [0.1, 0.15) is 0 Å². The fourth-order valence-corrected chi connectivity index (χ4v) is 1.36. The molecule has 1 aliphatic rings. The summed E-state index contributed by atoms with van der Waals surface area (Å²) in [4.78, 5) is 0. The molecule has 0 unspecified atom stereocenters. The predicted molar refractivity (Wildman–Crippen MR) is 46.3 cm³/mol. The molecule has 0 fully saturated rings. The zero-order valence-electron chi connectivity index (χ0n) is 6.33. The van der Waals surface area contributed by atoms with Gasteiger partial charge in [-0.1, -0.05) is 42.5 Å².